The average Bonchev–Trinajstić information content (AvgIpc) is 2.94. The number of hydrogen-bond acceptors (Lipinski definition) is 5. The first-order chi connectivity index (χ1) is 10.2. The van der Waals surface area contributed by atoms with Crippen molar-refractivity contribution in [3.8, 4) is 0 Å². The van der Waals surface area contributed by atoms with E-state index in [0.29, 0.717) is 17.7 Å². The van der Waals surface area contributed by atoms with Crippen LogP contribution in [0.4, 0.5) is 0 Å². The predicted octanol–water partition coefficient (Wildman–Crippen LogP) is 3.13. The van der Waals surface area contributed by atoms with E-state index in [2.05, 4.69) is 17.1 Å². The third kappa shape index (κ3) is 5.12. The topological polar surface area (TPSA) is 85.5 Å². The summed E-state index contributed by atoms with van der Waals surface area (Å²) in [4.78, 5) is 10.4. The van der Waals surface area contributed by atoms with Gasteiger partial charge in [-0.1, -0.05) is 26.2 Å². The highest BCUT2D eigenvalue weighted by Gasteiger charge is 2.25. The summed E-state index contributed by atoms with van der Waals surface area (Å²) >= 11 is 0. The van der Waals surface area contributed by atoms with Crippen molar-refractivity contribution in [1.29, 1.82) is 0 Å². The maximum atomic E-state index is 10.4. The van der Waals surface area contributed by atoms with Crippen molar-refractivity contribution in [1.82, 2.24) is 10.2 Å². The minimum absolute atomic E-state index is 0.0607. The van der Waals surface area contributed by atoms with Gasteiger partial charge in [0.2, 0.25) is 11.8 Å². The SMILES string of the molecule is CCCCC1CCC(c2nnc(COCC(=O)O)o2)CC1. The van der Waals surface area contributed by atoms with Gasteiger partial charge < -0.3 is 14.3 Å². The van der Waals surface area contributed by atoms with Gasteiger partial charge in [0.1, 0.15) is 13.2 Å². The highest BCUT2D eigenvalue weighted by molar-refractivity contribution is 5.67. The van der Waals surface area contributed by atoms with Crippen LogP contribution in [-0.4, -0.2) is 27.9 Å². The molecule has 0 aromatic carbocycles. The third-order valence-electron chi connectivity index (χ3n) is 4.10. The molecule has 1 aliphatic carbocycles. The van der Waals surface area contributed by atoms with Gasteiger partial charge in [0, 0.05) is 5.92 Å². The number of ether oxygens (including phenoxy) is 1. The fraction of sp³-hybridized carbons (Fsp3) is 0.800. The Balaban J connectivity index is 1.76. The number of carboxylic acid groups (broad SMARTS) is 1. The number of aromatic nitrogens is 2. The standard InChI is InChI=1S/C15H24N2O4/c1-2-3-4-11-5-7-12(8-6-11)15-17-16-13(21-15)9-20-10-14(18)19/h11-12H,2-10H2,1H3,(H,18,19). The molecule has 6 heteroatoms. The Bertz CT molecular complexity index is 439. The molecule has 0 spiro atoms. The maximum absolute atomic E-state index is 10.4. The molecule has 0 saturated heterocycles. The summed E-state index contributed by atoms with van der Waals surface area (Å²) in [6.07, 6.45) is 8.60. The first-order valence-corrected chi connectivity index (χ1v) is 7.80. The summed E-state index contributed by atoms with van der Waals surface area (Å²) in [6.45, 7) is 1.95. The zero-order valence-corrected chi connectivity index (χ0v) is 12.6. The normalized spacial score (nSPS) is 22.3. The van der Waals surface area contributed by atoms with Crippen molar-refractivity contribution in [2.45, 2.75) is 64.4 Å². The van der Waals surface area contributed by atoms with Crippen molar-refractivity contribution in [3.05, 3.63) is 11.8 Å². The van der Waals surface area contributed by atoms with E-state index < -0.39 is 5.97 Å². The Morgan fingerprint density at radius 2 is 2.10 bits per heavy atom. The van der Waals surface area contributed by atoms with Crippen LogP contribution >= 0.6 is 0 Å². The molecule has 1 aliphatic rings. The minimum atomic E-state index is -1.000. The molecule has 21 heavy (non-hydrogen) atoms. The Labute approximate surface area is 124 Å². The Kier molecular flexibility index (Phi) is 6.17. The zero-order chi connectivity index (χ0) is 15.1. The summed E-state index contributed by atoms with van der Waals surface area (Å²) in [5.74, 6) is 1.24. The van der Waals surface area contributed by atoms with Gasteiger partial charge in [0.25, 0.3) is 0 Å². The molecular formula is C15H24N2O4. The van der Waals surface area contributed by atoms with Crippen LogP contribution in [0, 0.1) is 5.92 Å². The van der Waals surface area contributed by atoms with Crippen LogP contribution in [0.2, 0.25) is 0 Å². The maximum Gasteiger partial charge on any atom is 0.329 e. The molecule has 0 aliphatic heterocycles. The van der Waals surface area contributed by atoms with Crippen LogP contribution in [0.5, 0.6) is 0 Å². The zero-order valence-electron chi connectivity index (χ0n) is 12.6. The summed E-state index contributed by atoms with van der Waals surface area (Å²) in [6, 6.07) is 0. The molecule has 0 bridgehead atoms. The number of hydrogen-bond donors (Lipinski definition) is 1. The van der Waals surface area contributed by atoms with E-state index in [9.17, 15) is 4.79 Å². The highest BCUT2D eigenvalue weighted by Crippen LogP contribution is 2.37. The lowest BCUT2D eigenvalue weighted by atomic mass is 9.80. The first-order valence-electron chi connectivity index (χ1n) is 7.80. The molecule has 0 atom stereocenters. The molecule has 1 N–H and O–H groups in total. The Morgan fingerprint density at radius 1 is 1.33 bits per heavy atom. The lowest BCUT2D eigenvalue weighted by Gasteiger charge is -2.26. The largest absolute Gasteiger partial charge is 0.480 e. The molecule has 1 fully saturated rings. The lowest BCUT2D eigenvalue weighted by molar-refractivity contribution is -0.142. The van der Waals surface area contributed by atoms with Gasteiger partial charge in [0.15, 0.2) is 0 Å². The number of rotatable bonds is 8. The minimum Gasteiger partial charge on any atom is -0.480 e. The third-order valence-corrected chi connectivity index (χ3v) is 4.10. The number of aliphatic carboxylic acids is 1. The van der Waals surface area contributed by atoms with Crippen LogP contribution < -0.4 is 0 Å². The molecule has 2 rings (SSSR count). The van der Waals surface area contributed by atoms with Crippen molar-refractivity contribution >= 4 is 5.97 Å². The van der Waals surface area contributed by atoms with Crippen molar-refractivity contribution < 1.29 is 19.1 Å². The smallest absolute Gasteiger partial charge is 0.329 e. The summed E-state index contributed by atoms with van der Waals surface area (Å²) < 4.78 is 10.5. The number of nitrogens with zero attached hydrogens (tertiary/aromatic N) is 2. The number of carboxylic acids is 1. The van der Waals surface area contributed by atoms with E-state index in [1.54, 1.807) is 0 Å². The Morgan fingerprint density at radius 3 is 2.76 bits per heavy atom. The van der Waals surface area contributed by atoms with E-state index >= 15 is 0 Å². The van der Waals surface area contributed by atoms with Gasteiger partial charge in [-0.25, -0.2) is 4.79 Å². The fourth-order valence-corrected chi connectivity index (χ4v) is 2.91. The lowest BCUT2D eigenvalue weighted by Crippen LogP contribution is -2.13. The molecule has 1 aromatic heterocycles. The van der Waals surface area contributed by atoms with Gasteiger partial charge >= 0.3 is 5.97 Å². The molecule has 0 amide bonds. The van der Waals surface area contributed by atoms with E-state index in [1.165, 1.54) is 32.1 Å². The van der Waals surface area contributed by atoms with Crippen LogP contribution in [0.1, 0.15) is 69.6 Å². The monoisotopic (exact) mass is 296 g/mol. The van der Waals surface area contributed by atoms with Crippen molar-refractivity contribution in [2.75, 3.05) is 6.61 Å². The highest BCUT2D eigenvalue weighted by atomic mass is 16.5. The average molecular weight is 296 g/mol. The number of carbonyl (C=O) groups is 1. The van der Waals surface area contributed by atoms with Crippen molar-refractivity contribution in [2.24, 2.45) is 5.92 Å². The second-order valence-electron chi connectivity index (χ2n) is 5.78. The van der Waals surface area contributed by atoms with Gasteiger partial charge in [0.05, 0.1) is 0 Å². The predicted molar refractivity (Wildman–Crippen MR) is 75.8 cm³/mol. The molecule has 1 heterocycles. The summed E-state index contributed by atoms with van der Waals surface area (Å²) in [5, 5.41) is 16.5. The van der Waals surface area contributed by atoms with Crippen LogP contribution in [0.15, 0.2) is 4.42 Å². The fourth-order valence-electron chi connectivity index (χ4n) is 2.91. The first kappa shape index (κ1) is 15.9. The van der Waals surface area contributed by atoms with Gasteiger partial charge in [-0.3, -0.25) is 0 Å². The molecule has 1 saturated carbocycles. The van der Waals surface area contributed by atoms with E-state index in [-0.39, 0.29) is 13.2 Å². The van der Waals surface area contributed by atoms with Crippen LogP contribution in [-0.2, 0) is 16.1 Å². The molecule has 118 valence electrons. The molecule has 1 aromatic rings. The molecular weight excluding hydrogens is 272 g/mol. The molecule has 6 nitrogen and oxygen atoms in total. The van der Waals surface area contributed by atoms with Crippen LogP contribution in [0.3, 0.4) is 0 Å². The van der Waals surface area contributed by atoms with Crippen LogP contribution in [0.25, 0.3) is 0 Å². The molecule has 0 radical (unpaired) electrons. The van der Waals surface area contributed by atoms with Gasteiger partial charge in [-0.15, -0.1) is 10.2 Å². The van der Waals surface area contributed by atoms with E-state index in [0.717, 1.165) is 18.8 Å². The van der Waals surface area contributed by atoms with E-state index in [1.807, 2.05) is 0 Å². The summed E-state index contributed by atoms with van der Waals surface area (Å²) in [5.41, 5.74) is 0. The molecule has 0 unspecified atom stereocenters. The summed E-state index contributed by atoms with van der Waals surface area (Å²) in [7, 11) is 0. The van der Waals surface area contributed by atoms with Gasteiger partial charge in [-0.2, -0.15) is 0 Å². The van der Waals surface area contributed by atoms with E-state index in [4.69, 9.17) is 14.3 Å². The second-order valence-corrected chi connectivity index (χ2v) is 5.78. The number of unbranched alkanes of at least 4 members (excludes halogenated alkanes) is 1. The quantitative estimate of drug-likeness (QED) is 0.793. The second kappa shape index (κ2) is 8.12. The Hall–Kier alpha value is -1.43. The van der Waals surface area contributed by atoms with Crippen molar-refractivity contribution in [3.63, 3.8) is 0 Å². The van der Waals surface area contributed by atoms with Gasteiger partial charge in [-0.05, 0) is 31.6 Å².